The fourth-order valence-electron chi connectivity index (χ4n) is 3.87. The Morgan fingerprint density at radius 3 is 2.65 bits per heavy atom. The van der Waals surface area contributed by atoms with Crippen LogP contribution in [0, 0.1) is 11.3 Å². The average Bonchev–Trinajstić information content (AvgIpc) is 2.75. The molecule has 0 saturated heterocycles. The van der Waals surface area contributed by atoms with Crippen LogP contribution in [0.25, 0.3) is 0 Å². The van der Waals surface area contributed by atoms with Crippen molar-refractivity contribution >= 4 is 0 Å². The highest BCUT2D eigenvalue weighted by Gasteiger charge is 2.45. The van der Waals surface area contributed by atoms with Crippen LogP contribution in [0.2, 0.25) is 0 Å². The second-order valence-electron chi connectivity index (χ2n) is 7.39. The zero-order chi connectivity index (χ0) is 15.0. The number of nitrogens with zero attached hydrogens (tertiary/aromatic N) is 3. The molecule has 2 atom stereocenters. The van der Waals surface area contributed by atoms with Crippen molar-refractivity contribution in [3.63, 3.8) is 0 Å². The number of imidazole rings is 1. The van der Waals surface area contributed by atoms with Crippen LogP contribution in [-0.2, 0) is 13.6 Å². The number of rotatable bonds is 4. The molecule has 2 N–H and O–H groups in total. The van der Waals surface area contributed by atoms with E-state index in [-0.39, 0.29) is 5.54 Å². The Hall–Kier alpha value is -0.870. The Labute approximate surface area is 123 Å². The molecule has 1 fully saturated rings. The Balaban J connectivity index is 2.16. The maximum Gasteiger partial charge on any atom is 0.122 e. The van der Waals surface area contributed by atoms with Gasteiger partial charge in [0.25, 0.3) is 0 Å². The van der Waals surface area contributed by atoms with Gasteiger partial charge in [-0.2, -0.15) is 0 Å². The summed E-state index contributed by atoms with van der Waals surface area (Å²) in [5.41, 5.74) is 6.78. The van der Waals surface area contributed by atoms with Gasteiger partial charge in [-0.25, -0.2) is 4.98 Å². The van der Waals surface area contributed by atoms with E-state index >= 15 is 0 Å². The second kappa shape index (κ2) is 5.49. The van der Waals surface area contributed by atoms with Crippen molar-refractivity contribution in [2.45, 2.75) is 52.1 Å². The van der Waals surface area contributed by atoms with E-state index in [4.69, 9.17) is 5.73 Å². The van der Waals surface area contributed by atoms with Crippen molar-refractivity contribution < 1.29 is 0 Å². The number of aryl methyl sites for hydroxylation is 1. The number of nitrogens with two attached hydrogens (primary N) is 1. The van der Waals surface area contributed by atoms with Gasteiger partial charge in [-0.1, -0.05) is 20.8 Å². The standard InChI is InChI=1S/C16H30N4/c1-13-10-15(2,3)6-7-16(13,12-17)20(5)11-14-18-8-9-19(14)4/h8-9,13H,6-7,10-12,17H2,1-5H3. The highest BCUT2D eigenvalue weighted by Crippen LogP contribution is 2.46. The van der Waals surface area contributed by atoms with Gasteiger partial charge in [0.2, 0.25) is 0 Å². The van der Waals surface area contributed by atoms with Crippen LogP contribution in [0.1, 0.15) is 45.9 Å². The van der Waals surface area contributed by atoms with E-state index in [1.165, 1.54) is 19.3 Å². The monoisotopic (exact) mass is 278 g/mol. The van der Waals surface area contributed by atoms with E-state index in [0.717, 1.165) is 18.9 Å². The quantitative estimate of drug-likeness (QED) is 0.920. The third-order valence-corrected chi connectivity index (χ3v) is 5.42. The molecule has 2 rings (SSSR count). The lowest BCUT2D eigenvalue weighted by Gasteiger charge is -2.52. The average molecular weight is 278 g/mol. The zero-order valence-corrected chi connectivity index (χ0v) is 13.7. The molecule has 0 spiro atoms. The summed E-state index contributed by atoms with van der Waals surface area (Å²) in [4.78, 5) is 6.89. The zero-order valence-electron chi connectivity index (χ0n) is 13.7. The third-order valence-electron chi connectivity index (χ3n) is 5.42. The van der Waals surface area contributed by atoms with Crippen molar-refractivity contribution in [2.75, 3.05) is 13.6 Å². The molecule has 1 aliphatic rings. The first-order valence-corrected chi connectivity index (χ1v) is 7.68. The van der Waals surface area contributed by atoms with Crippen LogP contribution in [-0.4, -0.2) is 33.6 Å². The van der Waals surface area contributed by atoms with E-state index < -0.39 is 0 Å². The molecule has 0 bridgehead atoms. The minimum atomic E-state index is 0.113. The maximum absolute atomic E-state index is 6.22. The smallest absolute Gasteiger partial charge is 0.122 e. The summed E-state index contributed by atoms with van der Waals surface area (Å²) in [5, 5.41) is 0. The molecule has 4 nitrogen and oxygen atoms in total. The minimum Gasteiger partial charge on any atom is -0.337 e. The topological polar surface area (TPSA) is 47.1 Å². The van der Waals surface area contributed by atoms with E-state index in [2.05, 4.69) is 49.3 Å². The molecule has 0 radical (unpaired) electrons. The van der Waals surface area contributed by atoms with Gasteiger partial charge in [0.15, 0.2) is 0 Å². The summed E-state index contributed by atoms with van der Waals surface area (Å²) in [6.45, 7) is 8.71. The molecular weight excluding hydrogens is 248 g/mol. The molecule has 2 unspecified atom stereocenters. The third kappa shape index (κ3) is 2.77. The Kier molecular flexibility index (Phi) is 4.26. The molecule has 0 aromatic carbocycles. The van der Waals surface area contributed by atoms with Gasteiger partial charge in [-0.05, 0) is 37.6 Å². The molecule has 20 heavy (non-hydrogen) atoms. The molecule has 1 aliphatic carbocycles. The predicted molar refractivity (Wildman–Crippen MR) is 83.3 cm³/mol. The normalized spacial score (nSPS) is 29.9. The lowest BCUT2D eigenvalue weighted by Crippen LogP contribution is -2.59. The molecule has 1 aromatic heterocycles. The molecule has 1 saturated carbocycles. The van der Waals surface area contributed by atoms with Gasteiger partial charge >= 0.3 is 0 Å². The Morgan fingerprint density at radius 2 is 2.15 bits per heavy atom. The summed E-state index contributed by atoms with van der Waals surface area (Å²) in [5.74, 6) is 1.72. The summed E-state index contributed by atoms with van der Waals surface area (Å²) >= 11 is 0. The van der Waals surface area contributed by atoms with Crippen molar-refractivity contribution in [3.8, 4) is 0 Å². The molecule has 0 amide bonds. The lowest BCUT2D eigenvalue weighted by molar-refractivity contribution is -0.0132. The first-order chi connectivity index (χ1) is 9.31. The highest BCUT2D eigenvalue weighted by atomic mass is 15.2. The van der Waals surface area contributed by atoms with Gasteiger partial charge in [-0.15, -0.1) is 0 Å². The van der Waals surface area contributed by atoms with Crippen molar-refractivity contribution in [1.29, 1.82) is 0 Å². The molecule has 114 valence electrons. The molecule has 0 aliphatic heterocycles. The predicted octanol–water partition coefficient (Wildman–Crippen LogP) is 2.40. The number of likely N-dealkylation sites (N-methyl/N-ethyl adjacent to an activating group) is 1. The van der Waals surface area contributed by atoms with E-state index in [0.29, 0.717) is 11.3 Å². The number of aromatic nitrogens is 2. The maximum atomic E-state index is 6.22. The molecule has 1 aromatic rings. The largest absolute Gasteiger partial charge is 0.337 e. The van der Waals surface area contributed by atoms with Crippen LogP contribution in [0.3, 0.4) is 0 Å². The van der Waals surface area contributed by atoms with Crippen LogP contribution in [0.15, 0.2) is 12.4 Å². The molecule has 1 heterocycles. The van der Waals surface area contributed by atoms with Crippen molar-refractivity contribution in [1.82, 2.24) is 14.5 Å². The van der Waals surface area contributed by atoms with Crippen LogP contribution < -0.4 is 5.73 Å². The van der Waals surface area contributed by atoms with Gasteiger partial charge in [-0.3, -0.25) is 4.90 Å². The van der Waals surface area contributed by atoms with Crippen LogP contribution in [0.4, 0.5) is 0 Å². The summed E-state index contributed by atoms with van der Waals surface area (Å²) in [6.07, 6.45) is 7.55. The Bertz CT molecular complexity index is 451. The van der Waals surface area contributed by atoms with Gasteiger partial charge in [0.05, 0.1) is 6.54 Å². The van der Waals surface area contributed by atoms with Crippen molar-refractivity contribution in [2.24, 2.45) is 24.1 Å². The number of hydrogen-bond donors (Lipinski definition) is 1. The van der Waals surface area contributed by atoms with Crippen molar-refractivity contribution in [3.05, 3.63) is 18.2 Å². The van der Waals surface area contributed by atoms with Crippen LogP contribution in [0.5, 0.6) is 0 Å². The van der Waals surface area contributed by atoms with E-state index in [1.54, 1.807) is 0 Å². The SMILES string of the molecule is CC1CC(C)(C)CCC1(CN)N(C)Cc1nccn1C. The lowest BCUT2D eigenvalue weighted by atomic mass is 9.63. The fourth-order valence-corrected chi connectivity index (χ4v) is 3.87. The highest BCUT2D eigenvalue weighted by molar-refractivity contribution is 5.03. The van der Waals surface area contributed by atoms with Gasteiger partial charge < -0.3 is 10.3 Å². The van der Waals surface area contributed by atoms with Crippen LogP contribution >= 0.6 is 0 Å². The first kappa shape index (κ1) is 15.5. The fraction of sp³-hybridized carbons (Fsp3) is 0.812. The van der Waals surface area contributed by atoms with E-state index in [9.17, 15) is 0 Å². The molecular formula is C16H30N4. The van der Waals surface area contributed by atoms with E-state index in [1.807, 2.05) is 12.4 Å². The van der Waals surface area contributed by atoms with Gasteiger partial charge in [0.1, 0.15) is 5.82 Å². The summed E-state index contributed by atoms with van der Waals surface area (Å²) in [7, 11) is 4.26. The number of hydrogen-bond acceptors (Lipinski definition) is 3. The Morgan fingerprint density at radius 1 is 1.45 bits per heavy atom. The van der Waals surface area contributed by atoms with Gasteiger partial charge in [0, 0.05) is 31.5 Å². The second-order valence-corrected chi connectivity index (χ2v) is 7.39. The first-order valence-electron chi connectivity index (χ1n) is 7.68. The summed E-state index contributed by atoms with van der Waals surface area (Å²) < 4.78 is 2.10. The summed E-state index contributed by atoms with van der Waals surface area (Å²) in [6, 6.07) is 0. The minimum absolute atomic E-state index is 0.113. The molecule has 4 heteroatoms.